The minimum absolute atomic E-state index is 0.0121. The minimum Gasteiger partial charge on any atom is -0.299 e. The summed E-state index contributed by atoms with van der Waals surface area (Å²) in [6, 6.07) is 0. The number of amides is 2. The van der Waals surface area contributed by atoms with Crippen molar-refractivity contribution in [2.45, 2.75) is 99.3 Å². The molecule has 0 saturated carbocycles. The van der Waals surface area contributed by atoms with E-state index >= 15 is 0 Å². The Morgan fingerprint density at radius 3 is 2.23 bits per heavy atom. The Morgan fingerprint density at radius 1 is 1.04 bits per heavy atom. The minimum atomic E-state index is -0.281. The van der Waals surface area contributed by atoms with Gasteiger partial charge in [-0.3, -0.25) is 19.3 Å². The summed E-state index contributed by atoms with van der Waals surface area (Å²) in [4.78, 5) is 38.6. The third kappa shape index (κ3) is 5.92. The summed E-state index contributed by atoms with van der Waals surface area (Å²) < 4.78 is 0. The Kier molecular flexibility index (Phi) is 8.49. The monoisotopic (exact) mass is 365 g/mol. The van der Waals surface area contributed by atoms with Crippen LogP contribution in [0.15, 0.2) is 0 Å². The number of imide groups is 1. The van der Waals surface area contributed by atoms with Crippen LogP contribution < -0.4 is 0 Å². The van der Waals surface area contributed by atoms with Gasteiger partial charge in [0.15, 0.2) is 0 Å². The van der Waals surface area contributed by atoms with Crippen molar-refractivity contribution in [1.82, 2.24) is 4.90 Å². The van der Waals surface area contributed by atoms with Gasteiger partial charge >= 0.3 is 0 Å². The van der Waals surface area contributed by atoms with Gasteiger partial charge in [0.1, 0.15) is 5.78 Å². The molecule has 1 rings (SSSR count). The van der Waals surface area contributed by atoms with Crippen LogP contribution in [0.4, 0.5) is 0 Å². The predicted molar refractivity (Wildman–Crippen MR) is 106 cm³/mol. The van der Waals surface area contributed by atoms with E-state index in [2.05, 4.69) is 20.8 Å². The van der Waals surface area contributed by atoms with E-state index < -0.39 is 0 Å². The maximum absolute atomic E-state index is 12.8. The second-order valence-electron chi connectivity index (χ2n) is 9.24. The number of rotatable bonds is 11. The Bertz CT molecular complexity index is 506. The zero-order chi connectivity index (χ0) is 20.0. The molecule has 4 heteroatoms. The molecule has 0 bridgehead atoms. The topological polar surface area (TPSA) is 54.5 Å². The molecule has 0 spiro atoms. The molecule has 2 unspecified atom stereocenters. The highest BCUT2D eigenvalue weighted by Crippen LogP contribution is 2.42. The molecule has 0 radical (unpaired) electrons. The molecule has 0 aromatic carbocycles. The van der Waals surface area contributed by atoms with Crippen molar-refractivity contribution in [3.8, 4) is 0 Å². The fourth-order valence-corrected chi connectivity index (χ4v) is 3.75. The molecule has 26 heavy (non-hydrogen) atoms. The fraction of sp³-hybridized carbons (Fsp3) is 0.864. The van der Waals surface area contributed by atoms with Gasteiger partial charge in [-0.15, -0.1) is 0 Å². The Morgan fingerprint density at radius 2 is 1.69 bits per heavy atom. The highest BCUT2D eigenvalue weighted by molar-refractivity contribution is 6.03. The standard InChI is InChI=1S/C22H39NO3/c1-7-9-14-22(6,8-2)17-16-19(25)23(20(17)26)15-12-10-11-13-18(24)21(3,4)5/h17H,7-16H2,1-6H3. The Balaban J connectivity index is 2.50. The molecule has 2 atom stereocenters. The molecule has 150 valence electrons. The number of hydrogen-bond donors (Lipinski definition) is 0. The Labute approximate surface area is 160 Å². The van der Waals surface area contributed by atoms with E-state index in [0.29, 0.717) is 19.4 Å². The summed E-state index contributed by atoms with van der Waals surface area (Å²) in [6.07, 6.45) is 7.61. The quantitative estimate of drug-likeness (QED) is 0.376. The first kappa shape index (κ1) is 22.9. The molecular formula is C22H39NO3. The lowest BCUT2D eigenvalue weighted by molar-refractivity contribution is -0.140. The van der Waals surface area contributed by atoms with Crippen molar-refractivity contribution in [2.24, 2.45) is 16.7 Å². The number of ketones is 1. The lowest BCUT2D eigenvalue weighted by Crippen LogP contribution is -2.36. The third-order valence-electron chi connectivity index (χ3n) is 6.12. The summed E-state index contributed by atoms with van der Waals surface area (Å²) in [5.74, 6) is 0.137. The smallest absolute Gasteiger partial charge is 0.233 e. The molecule has 1 aliphatic heterocycles. The molecule has 2 amide bonds. The van der Waals surface area contributed by atoms with Gasteiger partial charge in [0.2, 0.25) is 11.8 Å². The van der Waals surface area contributed by atoms with Crippen LogP contribution in [0, 0.1) is 16.7 Å². The van der Waals surface area contributed by atoms with E-state index in [1.165, 1.54) is 4.90 Å². The number of likely N-dealkylation sites (tertiary alicyclic amines) is 1. The zero-order valence-electron chi connectivity index (χ0n) is 17.8. The molecule has 1 fully saturated rings. The van der Waals surface area contributed by atoms with Gasteiger partial charge in [-0.2, -0.15) is 0 Å². The van der Waals surface area contributed by atoms with E-state index in [1.54, 1.807) is 0 Å². The van der Waals surface area contributed by atoms with Gasteiger partial charge in [-0.25, -0.2) is 0 Å². The van der Waals surface area contributed by atoms with Crippen LogP contribution in [0.25, 0.3) is 0 Å². The largest absolute Gasteiger partial charge is 0.299 e. The fourth-order valence-electron chi connectivity index (χ4n) is 3.75. The van der Waals surface area contributed by atoms with E-state index in [0.717, 1.165) is 44.9 Å². The first-order chi connectivity index (χ1) is 12.1. The van der Waals surface area contributed by atoms with Crippen LogP contribution >= 0.6 is 0 Å². The average molecular weight is 366 g/mol. The second kappa shape index (κ2) is 9.66. The zero-order valence-corrected chi connectivity index (χ0v) is 17.8. The van der Waals surface area contributed by atoms with Gasteiger partial charge in [-0.1, -0.05) is 60.8 Å². The van der Waals surface area contributed by atoms with Gasteiger partial charge in [-0.05, 0) is 31.1 Å². The van der Waals surface area contributed by atoms with Crippen LogP contribution in [0.3, 0.4) is 0 Å². The second-order valence-corrected chi connectivity index (χ2v) is 9.24. The number of carbonyl (C=O) groups excluding carboxylic acids is 3. The summed E-state index contributed by atoms with van der Waals surface area (Å²) in [5.41, 5.74) is -0.353. The van der Waals surface area contributed by atoms with Crippen LogP contribution in [0.1, 0.15) is 99.3 Å². The number of unbranched alkanes of at least 4 members (excludes halogenated alkanes) is 3. The van der Waals surface area contributed by atoms with E-state index in [9.17, 15) is 14.4 Å². The molecule has 1 saturated heterocycles. The van der Waals surface area contributed by atoms with Crippen molar-refractivity contribution in [3.05, 3.63) is 0 Å². The maximum atomic E-state index is 12.8. The molecule has 1 heterocycles. The molecule has 1 aliphatic rings. The molecule has 4 nitrogen and oxygen atoms in total. The van der Waals surface area contributed by atoms with Gasteiger partial charge in [0.05, 0.1) is 5.92 Å². The van der Waals surface area contributed by atoms with Gasteiger partial charge in [0.25, 0.3) is 0 Å². The normalized spacial score (nSPS) is 20.5. The number of nitrogens with zero attached hydrogens (tertiary/aromatic N) is 1. The van der Waals surface area contributed by atoms with Crippen molar-refractivity contribution in [1.29, 1.82) is 0 Å². The summed E-state index contributed by atoms with van der Waals surface area (Å²) in [5, 5.41) is 0. The first-order valence-corrected chi connectivity index (χ1v) is 10.4. The van der Waals surface area contributed by atoms with E-state index in [4.69, 9.17) is 0 Å². The van der Waals surface area contributed by atoms with Crippen LogP contribution in [0.5, 0.6) is 0 Å². The molecule has 0 N–H and O–H groups in total. The van der Waals surface area contributed by atoms with Gasteiger partial charge < -0.3 is 0 Å². The van der Waals surface area contributed by atoms with Crippen LogP contribution in [0.2, 0.25) is 0 Å². The summed E-state index contributed by atoms with van der Waals surface area (Å²) in [6.45, 7) is 12.8. The van der Waals surface area contributed by atoms with E-state index in [1.807, 2.05) is 20.8 Å². The molecule has 0 aromatic heterocycles. The summed E-state index contributed by atoms with van der Waals surface area (Å²) >= 11 is 0. The summed E-state index contributed by atoms with van der Waals surface area (Å²) in [7, 11) is 0. The van der Waals surface area contributed by atoms with Crippen molar-refractivity contribution >= 4 is 17.6 Å². The first-order valence-electron chi connectivity index (χ1n) is 10.4. The highest BCUT2D eigenvalue weighted by atomic mass is 16.2. The van der Waals surface area contributed by atoms with Crippen molar-refractivity contribution in [3.63, 3.8) is 0 Å². The highest BCUT2D eigenvalue weighted by Gasteiger charge is 2.47. The van der Waals surface area contributed by atoms with Crippen LogP contribution in [-0.4, -0.2) is 29.0 Å². The lowest BCUT2D eigenvalue weighted by Gasteiger charge is -2.33. The number of carbonyl (C=O) groups is 3. The van der Waals surface area contributed by atoms with Crippen molar-refractivity contribution in [2.75, 3.05) is 6.54 Å². The van der Waals surface area contributed by atoms with E-state index in [-0.39, 0.29) is 34.3 Å². The molecule has 0 aliphatic carbocycles. The van der Waals surface area contributed by atoms with Gasteiger partial charge in [0, 0.05) is 24.8 Å². The van der Waals surface area contributed by atoms with Crippen LogP contribution in [-0.2, 0) is 14.4 Å². The number of Topliss-reactive ketones (excluding diaryl/α,β-unsaturated/α-hetero) is 1. The lowest BCUT2D eigenvalue weighted by atomic mass is 9.71. The average Bonchev–Trinajstić information content (AvgIpc) is 2.86. The van der Waals surface area contributed by atoms with Crippen molar-refractivity contribution < 1.29 is 14.4 Å². The SMILES string of the molecule is CCCCC(C)(CC)C1CC(=O)N(CCCCCC(=O)C(C)(C)C)C1=O. The maximum Gasteiger partial charge on any atom is 0.233 e. The molecular weight excluding hydrogens is 326 g/mol. The Hall–Kier alpha value is -1.19. The predicted octanol–water partition coefficient (Wildman–Crippen LogP) is 5.14. The molecule has 0 aromatic rings. The number of hydrogen-bond acceptors (Lipinski definition) is 3. The third-order valence-corrected chi connectivity index (χ3v) is 6.12.